The third kappa shape index (κ3) is 6.71. The second-order valence-electron chi connectivity index (χ2n) is 19.1. The van der Waals surface area contributed by atoms with Crippen LogP contribution < -0.4 is 9.80 Å². The minimum atomic E-state index is 0.997. The highest BCUT2D eigenvalue weighted by atomic mass is 15.2. The maximum absolute atomic E-state index is 2.52. The number of nitrogens with zero attached hydrogens (tertiary/aromatic N) is 2. The number of para-hydroxylation sites is 4. The number of benzene rings is 12. The predicted octanol–water partition coefficient (Wildman–Crippen LogP) is 18.4. The smallest absolute Gasteiger partial charge is 0.0493 e. The summed E-state index contributed by atoms with van der Waals surface area (Å²) in [6.07, 6.45) is 3.99. The molecule has 2 heterocycles. The first-order valence-electron chi connectivity index (χ1n) is 24.7. The Labute approximate surface area is 409 Å². The van der Waals surface area contributed by atoms with Gasteiger partial charge in [-0.3, -0.25) is 0 Å². The molecule has 0 saturated carbocycles. The molecule has 2 heteroatoms. The van der Waals surface area contributed by atoms with E-state index in [1.54, 1.807) is 0 Å². The van der Waals surface area contributed by atoms with Crippen LogP contribution in [0.15, 0.2) is 243 Å². The summed E-state index contributed by atoms with van der Waals surface area (Å²) in [6, 6.07) is 91.1. The summed E-state index contributed by atoms with van der Waals surface area (Å²) in [6.45, 7) is 0. The summed E-state index contributed by atoms with van der Waals surface area (Å²) in [5, 5.41) is 9.83. The van der Waals surface area contributed by atoms with Gasteiger partial charge >= 0.3 is 0 Å². The Balaban J connectivity index is 1.09. The first kappa shape index (κ1) is 40.4. The highest BCUT2D eigenvalue weighted by Gasteiger charge is 2.27. The van der Waals surface area contributed by atoms with Crippen molar-refractivity contribution in [3.63, 3.8) is 0 Å². The number of hydrogen-bond donors (Lipinski definition) is 0. The molecule has 12 aromatic rings. The van der Waals surface area contributed by atoms with Crippen LogP contribution in [0.3, 0.4) is 0 Å². The molecule has 14 rings (SSSR count). The highest BCUT2D eigenvalue weighted by molar-refractivity contribution is 6.23. The third-order valence-corrected chi connectivity index (χ3v) is 15.1. The zero-order valence-corrected chi connectivity index (χ0v) is 38.8. The molecule has 0 radical (unpaired) electrons. The largest absolute Gasteiger partial charge is 0.310 e. The predicted molar refractivity (Wildman–Crippen MR) is 297 cm³/mol. The van der Waals surface area contributed by atoms with Crippen LogP contribution in [0.25, 0.3) is 76.5 Å². The lowest BCUT2D eigenvalue weighted by molar-refractivity contribution is 0.977. The van der Waals surface area contributed by atoms with Crippen LogP contribution in [-0.2, 0) is 25.7 Å². The van der Waals surface area contributed by atoms with Crippen LogP contribution in [0.5, 0.6) is 0 Å². The lowest BCUT2D eigenvalue weighted by atomic mass is 9.84. The second kappa shape index (κ2) is 16.5. The van der Waals surface area contributed by atoms with E-state index in [1.807, 2.05) is 0 Å². The number of aryl methyl sites for hydroxylation is 4. The molecular formula is C68H48N2. The van der Waals surface area contributed by atoms with Crippen LogP contribution in [-0.4, -0.2) is 0 Å². The van der Waals surface area contributed by atoms with E-state index in [-0.39, 0.29) is 0 Å². The van der Waals surface area contributed by atoms with E-state index < -0.39 is 0 Å². The maximum Gasteiger partial charge on any atom is 0.0493 e. The number of hydrogen-bond acceptors (Lipinski definition) is 2. The van der Waals surface area contributed by atoms with Gasteiger partial charge in [0.15, 0.2) is 0 Å². The van der Waals surface area contributed by atoms with E-state index in [0.717, 1.165) is 37.1 Å². The molecule has 0 aromatic heterocycles. The lowest BCUT2D eigenvalue weighted by Crippen LogP contribution is -2.12. The van der Waals surface area contributed by atoms with E-state index in [1.165, 1.54) is 121 Å². The van der Waals surface area contributed by atoms with Crippen molar-refractivity contribution in [2.45, 2.75) is 25.7 Å². The first-order chi connectivity index (χ1) is 34.7. The lowest BCUT2D eigenvalue weighted by Gasteiger charge is -2.29. The molecule has 0 saturated heterocycles. The Kier molecular flexibility index (Phi) is 9.52. The van der Waals surface area contributed by atoms with Gasteiger partial charge in [0.1, 0.15) is 0 Å². The Morgan fingerprint density at radius 1 is 0.229 bits per heavy atom. The molecule has 0 bridgehead atoms. The van der Waals surface area contributed by atoms with Crippen molar-refractivity contribution in [2.75, 3.05) is 9.80 Å². The van der Waals surface area contributed by atoms with Crippen molar-refractivity contribution < 1.29 is 0 Å². The van der Waals surface area contributed by atoms with Crippen molar-refractivity contribution in [1.82, 2.24) is 0 Å². The van der Waals surface area contributed by atoms with Crippen LogP contribution in [0.4, 0.5) is 34.1 Å². The summed E-state index contributed by atoms with van der Waals surface area (Å²) in [7, 11) is 0. The van der Waals surface area contributed by atoms with Gasteiger partial charge < -0.3 is 9.80 Å². The molecule has 2 aliphatic rings. The standard InChI is InChI=1S/C68H48N2/c1-2-14-45(15-3-1)52-31-32-54-42-56(35-33-53(54)40-52)68-60-39-37-57(69-63-22-10-6-17-47(63)27-28-48-18-7-11-23-64(48)69)43-61(60)67(55-34-26-46-16-4-5-21-51(46)41-55)59-38-36-58(44-62(59)68)70-65-24-12-8-19-49(65)29-30-50-20-9-13-25-66(50)70/h1-26,31-44H,27-30H2. The van der Waals surface area contributed by atoms with Crippen LogP contribution >= 0.6 is 0 Å². The number of anilines is 6. The van der Waals surface area contributed by atoms with Gasteiger partial charge in [-0.1, -0.05) is 176 Å². The maximum atomic E-state index is 2.52. The van der Waals surface area contributed by atoms with Gasteiger partial charge in [0.2, 0.25) is 0 Å². The van der Waals surface area contributed by atoms with Crippen LogP contribution in [0.2, 0.25) is 0 Å². The zero-order chi connectivity index (χ0) is 46.1. The van der Waals surface area contributed by atoms with Crippen molar-refractivity contribution in [3.8, 4) is 33.4 Å². The summed E-state index contributed by atoms with van der Waals surface area (Å²) in [5.41, 5.74) is 20.1. The van der Waals surface area contributed by atoms with Crippen molar-refractivity contribution in [3.05, 3.63) is 265 Å². The molecule has 2 aliphatic heterocycles. The fourth-order valence-electron chi connectivity index (χ4n) is 11.8. The van der Waals surface area contributed by atoms with Crippen LogP contribution in [0.1, 0.15) is 22.3 Å². The number of fused-ring (bicyclic) bond motifs is 8. The molecular weight excluding hydrogens is 845 g/mol. The number of rotatable bonds is 5. The molecule has 0 unspecified atom stereocenters. The van der Waals surface area contributed by atoms with E-state index >= 15 is 0 Å². The van der Waals surface area contributed by atoms with E-state index in [0.29, 0.717) is 0 Å². The van der Waals surface area contributed by atoms with Crippen LogP contribution in [0, 0.1) is 0 Å². The highest BCUT2D eigenvalue weighted by Crippen LogP contribution is 2.51. The normalized spacial score (nSPS) is 13.1. The Bertz CT molecular complexity index is 3940. The van der Waals surface area contributed by atoms with E-state index in [9.17, 15) is 0 Å². The van der Waals surface area contributed by atoms with Gasteiger partial charge in [-0.2, -0.15) is 0 Å². The Morgan fingerprint density at radius 3 is 1.06 bits per heavy atom. The van der Waals surface area contributed by atoms with Gasteiger partial charge in [-0.05, 0) is 191 Å². The van der Waals surface area contributed by atoms with E-state index in [4.69, 9.17) is 0 Å². The topological polar surface area (TPSA) is 6.48 Å². The fraction of sp³-hybridized carbons (Fsp3) is 0.0588. The fourth-order valence-corrected chi connectivity index (χ4v) is 11.8. The van der Waals surface area contributed by atoms with E-state index in [2.05, 4.69) is 252 Å². The first-order valence-corrected chi connectivity index (χ1v) is 24.7. The summed E-state index contributed by atoms with van der Waals surface area (Å²) < 4.78 is 0. The summed E-state index contributed by atoms with van der Waals surface area (Å²) >= 11 is 0. The van der Waals surface area contributed by atoms with Crippen molar-refractivity contribution in [1.29, 1.82) is 0 Å². The molecule has 2 nitrogen and oxygen atoms in total. The molecule has 0 aliphatic carbocycles. The third-order valence-electron chi connectivity index (χ3n) is 15.1. The molecule has 0 spiro atoms. The van der Waals surface area contributed by atoms with Crippen molar-refractivity contribution >= 4 is 77.2 Å². The summed E-state index contributed by atoms with van der Waals surface area (Å²) in [4.78, 5) is 5.03. The second-order valence-corrected chi connectivity index (χ2v) is 19.1. The molecule has 0 amide bonds. The van der Waals surface area contributed by atoms with Gasteiger partial charge in [-0.15, -0.1) is 0 Å². The molecule has 0 N–H and O–H groups in total. The van der Waals surface area contributed by atoms with Gasteiger partial charge in [0, 0.05) is 34.1 Å². The molecule has 12 aromatic carbocycles. The zero-order valence-electron chi connectivity index (χ0n) is 38.8. The van der Waals surface area contributed by atoms with Gasteiger partial charge in [-0.25, -0.2) is 0 Å². The average Bonchev–Trinajstić information content (AvgIpc) is 3.70. The average molecular weight is 893 g/mol. The Morgan fingerprint density at radius 2 is 0.586 bits per heavy atom. The van der Waals surface area contributed by atoms with Crippen molar-refractivity contribution in [2.24, 2.45) is 0 Å². The van der Waals surface area contributed by atoms with Gasteiger partial charge in [0.25, 0.3) is 0 Å². The summed E-state index contributed by atoms with van der Waals surface area (Å²) in [5.74, 6) is 0. The molecule has 330 valence electrons. The molecule has 0 atom stereocenters. The Hall–Kier alpha value is -8.72. The SMILES string of the molecule is c1ccc(-c2ccc3cc(-c4c5ccc(N6c7ccccc7CCc7ccccc76)cc5c(-c5ccc6ccccc6c5)c5ccc(N6c7ccccc7CCc7ccccc76)cc45)ccc3c2)cc1. The minimum absolute atomic E-state index is 0.997. The minimum Gasteiger partial charge on any atom is -0.310 e. The monoisotopic (exact) mass is 892 g/mol. The quantitative estimate of drug-likeness (QED) is 0.159. The molecule has 70 heavy (non-hydrogen) atoms. The van der Waals surface area contributed by atoms with Gasteiger partial charge in [0.05, 0.1) is 0 Å². The molecule has 0 fully saturated rings.